The highest BCUT2D eigenvalue weighted by molar-refractivity contribution is 5.59. The molecule has 0 aromatic rings. The van der Waals surface area contributed by atoms with Gasteiger partial charge in [-0.1, -0.05) is 20.3 Å². The molecule has 1 aliphatic heterocycles. The molecule has 0 spiro atoms. The molecule has 0 aromatic carbocycles. The molecular weight excluding hydrogens is 202 g/mol. The molecule has 0 saturated carbocycles. The van der Waals surface area contributed by atoms with Crippen molar-refractivity contribution in [2.75, 3.05) is 19.6 Å². The molecule has 0 aromatic heterocycles. The minimum Gasteiger partial charge on any atom is -0.389 e. The van der Waals surface area contributed by atoms with Crippen LogP contribution < -0.4 is 0 Å². The first-order valence-electron chi connectivity index (χ1n) is 6.32. The summed E-state index contributed by atoms with van der Waals surface area (Å²) >= 11 is 0. The van der Waals surface area contributed by atoms with E-state index in [1.54, 1.807) is 0 Å². The molecule has 2 atom stereocenters. The third-order valence-electron chi connectivity index (χ3n) is 3.44. The SMILES string of the molecule is CCCC(C)(C=O)CN1CCCC(C)(O)C1. The van der Waals surface area contributed by atoms with Crippen LogP contribution in [0, 0.1) is 5.41 Å². The molecule has 2 unspecified atom stereocenters. The fourth-order valence-electron chi connectivity index (χ4n) is 2.72. The van der Waals surface area contributed by atoms with Crippen LogP contribution in [0.1, 0.15) is 46.5 Å². The van der Waals surface area contributed by atoms with Crippen LogP contribution >= 0.6 is 0 Å². The quantitative estimate of drug-likeness (QED) is 0.729. The van der Waals surface area contributed by atoms with Crippen LogP contribution in [-0.2, 0) is 4.79 Å². The maximum Gasteiger partial charge on any atom is 0.127 e. The van der Waals surface area contributed by atoms with E-state index in [1.165, 1.54) is 0 Å². The molecule has 94 valence electrons. The van der Waals surface area contributed by atoms with E-state index in [-0.39, 0.29) is 5.41 Å². The van der Waals surface area contributed by atoms with Gasteiger partial charge >= 0.3 is 0 Å². The van der Waals surface area contributed by atoms with E-state index in [2.05, 4.69) is 11.8 Å². The maximum absolute atomic E-state index is 11.2. The van der Waals surface area contributed by atoms with Crippen molar-refractivity contribution in [1.29, 1.82) is 0 Å². The fraction of sp³-hybridized carbons (Fsp3) is 0.923. The zero-order chi connectivity index (χ0) is 12.2. The number of carbonyl (C=O) groups is 1. The molecular formula is C13H25NO2. The Morgan fingerprint density at radius 3 is 2.75 bits per heavy atom. The van der Waals surface area contributed by atoms with Gasteiger partial charge < -0.3 is 9.90 Å². The highest BCUT2D eigenvalue weighted by Gasteiger charge is 2.32. The Kier molecular flexibility index (Phi) is 4.51. The lowest BCUT2D eigenvalue weighted by molar-refractivity contribution is -0.118. The summed E-state index contributed by atoms with van der Waals surface area (Å²) in [5, 5.41) is 10.0. The van der Waals surface area contributed by atoms with Crippen molar-refractivity contribution in [2.45, 2.75) is 52.1 Å². The molecule has 0 amide bonds. The minimum atomic E-state index is -0.575. The molecule has 1 N–H and O–H groups in total. The molecule has 16 heavy (non-hydrogen) atoms. The highest BCUT2D eigenvalue weighted by atomic mass is 16.3. The van der Waals surface area contributed by atoms with Gasteiger partial charge in [-0.3, -0.25) is 4.90 Å². The van der Waals surface area contributed by atoms with Crippen molar-refractivity contribution < 1.29 is 9.90 Å². The standard InChI is InChI=1S/C13H25NO2/c1-4-6-12(2,11-15)9-14-8-5-7-13(3,16)10-14/h11,16H,4-10H2,1-3H3. The van der Waals surface area contributed by atoms with Crippen molar-refractivity contribution >= 4 is 6.29 Å². The number of rotatable bonds is 5. The predicted octanol–water partition coefficient (Wildman–Crippen LogP) is 1.84. The largest absolute Gasteiger partial charge is 0.389 e. The van der Waals surface area contributed by atoms with Crippen molar-refractivity contribution in [3.8, 4) is 0 Å². The zero-order valence-corrected chi connectivity index (χ0v) is 10.8. The number of nitrogens with zero attached hydrogens (tertiary/aromatic N) is 1. The number of piperidine rings is 1. The van der Waals surface area contributed by atoms with Crippen molar-refractivity contribution in [3.05, 3.63) is 0 Å². The zero-order valence-electron chi connectivity index (χ0n) is 10.8. The van der Waals surface area contributed by atoms with Gasteiger partial charge in [0.05, 0.1) is 5.60 Å². The number of aldehydes is 1. The molecule has 3 heteroatoms. The molecule has 1 saturated heterocycles. The van der Waals surface area contributed by atoms with Crippen molar-refractivity contribution in [1.82, 2.24) is 4.90 Å². The summed E-state index contributed by atoms with van der Waals surface area (Å²) in [5.74, 6) is 0. The first kappa shape index (κ1) is 13.7. The molecule has 1 heterocycles. The van der Waals surface area contributed by atoms with Gasteiger partial charge in [0.25, 0.3) is 0 Å². The lowest BCUT2D eigenvalue weighted by atomic mass is 9.85. The number of likely N-dealkylation sites (tertiary alicyclic amines) is 1. The normalized spacial score (nSPS) is 31.0. The summed E-state index contributed by atoms with van der Waals surface area (Å²) in [6.07, 6.45) is 4.93. The van der Waals surface area contributed by atoms with Crippen LogP contribution in [0.5, 0.6) is 0 Å². The predicted molar refractivity (Wildman–Crippen MR) is 65.4 cm³/mol. The van der Waals surface area contributed by atoms with Crippen LogP contribution in [0.2, 0.25) is 0 Å². The smallest absolute Gasteiger partial charge is 0.127 e. The first-order valence-corrected chi connectivity index (χ1v) is 6.32. The Balaban J connectivity index is 2.55. The summed E-state index contributed by atoms with van der Waals surface area (Å²) in [6, 6.07) is 0. The molecule has 0 aliphatic carbocycles. The van der Waals surface area contributed by atoms with Gasteiger partial charge in [-0.2, -0.15) is 0 Å². The molecule has 1 rings (SSSR count). The van der Waals surface area contributed by atoms with E-state index < -0.39 is 5.60 Å². The molecule has 1 aliphatic rings. The summed E-state index contributed by atoms with van der Waals surface area (Å²) in [5.41, 5.74) is -0.823. The Hall–Kier alpha value is -0.410. The Morgan fingerprint density at radius 1 is 1.56 bits per heavy atom. The lowest BCUT2D eigenvalue weighted by Crippen LogP contribution is -2.49. The number of aliphatic hydroxyl groups is 1. The van der Waals surface area contributed by atoms with Gasteiger partial charge in [0, 0.05) is 18.5 Å². The van der Waals surface area contributed by atoms with E-state index in [4.69, 9.17) is 0 Å². The van der Waals surface area contributed by atoms with E-state index in [0.29, 0.717) is 6.54 Å². The second-order valence-corrected chi connectivity index (χ2v) is 5.83. The van der Waals surface area contributed by atoms with Crippen LogP contribution in [0.3, 0.4) is 0 Å². The summed E-state index contributed by atoms with van der Waals surface area (Å²) in [7, 11) is 0. The third-order valence-corrected chi connectivity index (χ3v) is 3.44. The van der Waals surface area contributed by atoms with Crippen LogP contribution in [0.4, 0.5) is 0 Å². The van der Waals surface area contributed by atoms with Gasteiger partial charge in [-0.25, -0.2) is 0 Å². The summed E-state index contributed by atoms with van der Waals surface area (Å²) in [4.78, 5) is 13.4. The van der Waals surface area contributed by atoms with Gasteiger partial charge in [0.1, 0.15) is 6.29 Å². The Labute approximate surface area is 98.8 Å². The van der Waals surface area contributed by atoms with Crippen LogP contribution in [0.25, 0.3) is 0 Å². The number of carbonyl (C=O) groups excluding carboxylic acids is 1. The molecule has 3 nitrogen and oxygen atoms in total. The van der Waals surface area contributed by atoms with E-state index in [9.17, 15) is 9.90 Å². The molecule has 1 fully saturated rings. The monoisotopic (exact) mass is 227 g/mol. The average molecular weight is 227 g/mol. The fourth-order valence-corrected chi connectivity index (χ4v) is 2.72. The number of hydrogen-bond acceptors (Lipinski definition) is 3. The van der Waals surface area contributed by atoms with Crippen LogP contribution in [0.15, 0.2) is 0 Å². The van der Waals surface area contributed by atoms with Gasteiger partial charge in [-0.05, 0) is 32.7 Å². The highest BCUT2D eigenvalue weighted by Crippen LogP contribution is 2.26. The summed E-state index contributed by atoms with van der Waals surface area (Å²) in [6.45, 7) is 8.49. The number of β-amino-alcohol motifs (C(OH)–C–C–N with tert-alkyl or cyclic N) is 1. The average Bonchev–Trinajstić information content (AvgIpc) is 2.16. The third kappa shape index (κ3) is 3.87. The number of hydrogen-bond donors (Lipinski definition) is 1. The summed E-state index contributed by atoms with van der Waals surface area (Å²) < 4.78 is 0. The maximum atomic E-state index is 11.2. The molecule has 0 radical (unpaired) electrons. The van der Waals surface area contributed by atoms with E-state index in [1.807, 2.05) is 13.8 Å². The van der Waals surface area contributed by atoms with Crippen molar-refractivity contribution in [2.24, 2.45) is 5.41 Å². The van der Waals surface area contributed by atoms with Crippen molar-refractivity contribution in [3.63, 3.8) is 0 Å². The van der Waals surface area contributed by atoms with Gasteiger partial charge in [0.2, 0.25) is 0 Å². The van der Waals surface area contributed by atoms with E-state index in [0.717, 1.165) is 45.1 Å². The topological polar surface area (TPSA) is 40.5 Å². The second-order valence-electron chi connectivity index (χ2n) is 5.83. The van der Waals surface area contributed by atoms with Crippen LogP contribution in [-0.4, -0.2) is 41.5 Å². The first-order chi connectivity index (χ1) is 7.41. The van der Waals surface area contributed by atoms with Gasteiger partial charge in [0.15, 0.2) is 0 Å². The van der Waals surface area contributed by atoms with Gasteiger partial charge in [-0.15, -0.1) is 0 Å². The Morgan fingerprint density at radius 2 is 2.25 bits per heavy atom. The lowest BCUT2D eigenvalue weighted by Gasteiger charge is -2.40. The molecule has 0 bridgehead atoms. The van der Waals surface area contributed by atoms with E-state index >= 15 is 0 Å². The second kappa shape index (κ2) is 5.28. The minimum absolute atomic E-state index is 0.248. The Bertz CT molecular complexity index is 240.